The average Bonchev–Trinajstić information content (AvgIpc) is 2.72. The largest absolute Gasteiger partial charge is 0.497 e. The Morgan fingerprint density at radius 3 is 2.62 bits per heavy atom. The summed E-state index contributed by atoms with van der Waals surface area (Å²) in [5, 5.41) is 14.4. The molecule has 0 unspecified atom stereocenters. The third-order valence-corrected chi connectivity index (χ3v) is 3.75. The number of aromatic nitrogens is 2. The molecule has 148 valence electrons. The third-order valence-electron chi connectivity index (χ3n) is 3.75. The molecule has 2 aromatic carbocycles. The lowest BCUT2D eigenvalue weighted by atomic mass is 10.2. The van der Waals surface area contributed by atoms with Gasteiger partial charge in [0.2, 0.25) is 11.6 Å². The maximum Gasteiger partial charge on any atom is 0.355 e. The highest BCUT2D eigenvalue weighted by Crippen LogP contribution is 2.31. The normalized spacial score (nSPS) is 10.1. The van der Waals surface area contributed by atoms with Crippen LogP contribution in [0.5, 0.6) is 5.75 Å². The van der Waals surface area contributed by atoms with Crippen molar-refractivity contribution in [3.8, 4) is 5.75 Å². The monoisotopic (exact) mass is 398 g/mol. The van der Waals surface area contributed by atoms with Crippen molar-refractivity contribution in [3.05, 3.63) is 76.4 Å². The zero-order chi connectivity index (χ0) is 20.8. The molecule has 3 aromatic rings. The molecule has 0 saturated carbocycles. The van der Waals surface area contributed by atoms with Crippen molar-refractivity contribution in [3.63, 3.8) is 0 Å². The number of nitrogens with zero attached hydrogens (tertiary/aromatic N) is 3. The van der Waals surface area contributed by atoms with Gasteiger partial charge in [-0.3, -0.25) is 25.8 Å². The molecule has 29 heavy (non-hydrogen) atoms. The van der Waals surface area contributed by atoms with Gasteiger partial charge in [-0.1, -0.05) is 18.2 Å². The first-order valence-corrected chi connectivity index (χ1v) is 8.21. The van der Waals surface area contributed by atoms with Crippen molar-refractivity contribution < 1.29 is 18.8 Å². The van der Waals surface area contributed by atoms with E-state index in [2.05, 4.69) is 26.1 Å². The van der Waals surface area contributed by atoms with E-state index in [-0.39, 0.29) is 17.2 Å². The smallest absolute Gasteiger partial charge is 0.355 e. The first-order valence-electron chi connectivity index (χ1n) is 8.21. The zero-order valence-corrected chi connectivity index (χ0v) is 15.0. The predicted octanol–water partition coefficient (Wildman–Crippen LogP) is 3.03. The summed E-state index contributed by atoms with van der Waals surface area (Å²) in [6.07, 6.45) is 1.08. The van der Waals surface area contributed by atoms with Crippen LogP contribution in [0.1, 0.15) is 10.4 Å². The molecule has 0 bridgehead atoms. The maximum absolute atomic E-state index is 13.7. The van der Waals surface area contributed by atoms with Gasteiger partial charge in [-0.15, -0.1) is 0 Å². The van der Waals surface area contributed by atoms with E-state index in [0.717, 1.165) is 12.4 Å². The van der Waals surface area contributed by atoms with Crippen molar-refractivity contribution in [2.45, 2.75) is 0 Å². The summed E-state index contributed by atoms with van der Waals surface area (Å²) in [5.74, 6) is -1.40. The minimum absolute atomic E-state index is 0.110. The first-order chi connectivity index (χ1) is 14.0. The van der Waals surface area contributed by atoms with Gasteiger partial charge in [0, 0.05) is 11.8 Å². The second kappa shape index (κ2) is 8.61. The van der Waals surface area contributed by atoms with Crippen molar-refractivity contribution in [1.29, 1.82) is 0 Å². The highest BCUT2D eigenvalue weighted by atomic mass is 19.1. The van der Waals surface area contributed by atoms with Gasteiger partial charge in [-0.2, -0.15) is 0 Å². The topological polar surface area (TPSA) is 131 Å². The molecular formula is C18H15FN6O4. The second-order valence-electron chi connectivity index (χ2n) is 5.59. The number of ether oxygens (including phenoxy) is 1. The highest BCUT2D eigenvalue weighted by molar-refractivity contribution is 5.95. The maximum atomic E-state index is 13.7. The summed E-state index contributed by atoms with van der Waals surface area (Å²) in [4.78, 5) is 30.7. The number of hydrogen-bond acceptors (Lipinski definition) is 8. The van der Waals surface area contributed by atoms with E-state index in [1.54, 1.807) is 24.3 Å². The predicted molar refractivity (Wildman–Crippen MR) is 102 cm³/mol. The lowest BCUT2D eigenvalue weighted by Gasteiger charge is -2.11. The molecule has 0 radical (unpaired) electrons. The summed E-state index contributed by atoms with van der Waals surface area (Å²) in [5.41, 5.74) is 4.29. The SMILES string of the molecule is COc1cccc(Nc2ncnc(NNC(=O)c3ccccc3F)c2[N+](=O)[O-])c1. The summed E-state index contributed by atoms with van der Waals surface area (Å²) in [7, 11) is 1.49. The molecule has 0 atom stereocenters. The Balaban J connectivity index is 1.84. The number of anilines is 3. The number of halogens is 1. The van der Waals surface area contributed by atoms with Crippen molar-refractivity contribution >= 4 is 28.9 Å². The Labute approximate surface area is 163 Å². The van der Waals surface area contributed by atoms with Gasteiger partial charge < -0.3 is 10.1 Å². The highest BCUT2D eigenvalue weighted by Gasteiger charge is 2.24. The standard InChI is InChI=1S/C18H15FN6O4/c1-29-12-6-4-5-11(9-12)22-16-15(25(27)28)17(21-10-20-16)23-24-18(26)13-7-2-3-8-14(13)19/h2-10H,1H3,(H,24,26)(H2,20,21,22,23). The number of carbonyl (C=O) groups is 1. The van der Waals surface area contributed by atoms with Crippen LogP contribution in [0, 0.1) is 15.9 Å². The number of nitrogens with one attached hydrogen (secondary N) is 3. The molecule has 0 fully saturated rings. The number of benzene rings is 2. The van der Waals surface area contributed by atoms with Crippen LogP contribution in [-0.2, 0) is 0 Å². The Morgan fingerprint density at radius 2 is 1.90 bits per heavy atom. The minimum Gasteiger partial charge on any atom is -0.497 e. The van der Waals surface area contributed by atoms with Crippen LogP contribution in [0.2, 0.25) is 0 Å². The molecular weight excluding hydrogens is 383 g/mol. The second-order valence-corrected chi connectivity index (χ2v) is 5.59. The molecule has 1 aromatic heterocycles. The lowest BCUT2D eigenvalue weighted by molar-refractivity contribution is -0.383. The molecule has 1 heterocycles. The summed E-state index contributed by atoms with van der Waals surface area (Å²) >= 11 is 0. The molecule has 11 heteroatoms. The molecule has 10 nitrogen and oxygen atoms in total. The van der Waals surface area contributed by atoms with Gasteiger partial charge >= 0.3 is 5.69 Å². The van der Waals surface area contributed by atoms with E-state index in [4.69, 9.17) is 4.74 Å². The zero-order valence-electron chi connectivity index (χ0n) is 15.0. The number of nitro groups is 1. The van der Waals surface area contributed by atoms with Gasteiger partial charge in [-0.05, 0) is 24.3 Å². The Kier molecular flexibility index (Phi) is 5.78. The van der Waals surface area contributed by atoms with Crippen LogP contribution in [0.4, 0.5) is 27.4 Å². The van der Waals surface area contributed by atoms with Crippen molar-refractivity contribution in [2.75, 3.05) is 17.9 Å². The summed E-state index contributed by atoms with van der Waals surface area (Å²) < 4.78 is 18.8. The Bertz CT molecular complexity index is 1060. The fourth-order valence-electron chi connectivity index (χ4n) is 2.40. The molecule has 0 aliphatic heterocycles. The van der Waals surface area contributed by atoms with Crippen LogP contribution in [0.3, 0.4) is 0 Å². The van der Waals surface area contributed by atoms with E-state index >= 15 is 0 Å². The van der Waals surface area contributed by atoms with Gasteiger partial charge in [0.15, 0.2) is 0 Å². The molecule has 0 aliphatic rings. The molecule has 0 saturated heterocycles. The Morgan fingerprint density at radius 1 is 1.14 bits per heavy atom. The van der Waals surface area contributed by atoms with Gasteiger partial charge in [0.1, 0.15) is 17.9 Å². The van der Waals surface area contributed by atoms with Crippen LogP contribution in [0.25, 0.3) is 0 Å². The van der Waals surface area contributed by atoms with Crippen molar-refractivity contribution in [2.24, 2.45) is 0 Å². The molecule has 0 aliphatic carbocycles. The van der Waals surface area contributed by atoms with Crippen molar-refractivity contribution in [1.82, 2.24) is 15.4 Å². The van der Waals surface area contributed by atoms with E-state index in [9.17, 15) is 19.3 Å². The molecule has 0 spiro atoms. The number of carbonyl (C=O) groups excluding carboxylic acids is 1. The third kappa shape index (κ3) is 4.53. The number of hydrogen-bond donors (Lipinski definition) is 3. The van der Waals surface area contributed by atoms with Crippen LogP contribution < -0.4 is 20.9 Å². The fraction of sp³-hybridized carbons (Fsp3) is 0.0556. The lowest BCUT2D eigenvalue weighted by Crippen LogP contribution is -2.31. The molecule has 3 rings (SSSR count). The number of methoxy groups -OCH3 is 1. The van der Waals surface area contributed by atoms with Crippen LogP contribution >= 0.6 is 0 Å². The first kappa shape index (κ1) is 19.5. The van der Waals surface area contributed by atoms with E-state index in [1.807, 2.05) is 0 Å². The number of hydrazine groups is 1. The average molecular weight is 398 g/mol. The van der Waals surface area contributed by atoms with E-state index < -0.39 is 22.3 Å². The fourth-order valence-corrected chi connectivity index (χ4v) is 2.40. The summed E-state index contributed by atoms with van der Waals surface area (Å²) in [6, 6.07) is 12.0. The number of rotatable bonds is 7. The van der Waals surface area contributed by atoms with Crippen LogP contribution in [0.15, 0.2) is 54.9 Å². The summed E-state index contributed by atoms with van der Waals surface area (Å²) in [6.45, 7) is 0. The van der Waals surface area contributed by atoms with E-state index in [0.29, 0.717) is 11.4 Å². The minimum atomic E-state index is -0.821. The molecule has 1 amide bonds. The number of amides is 1. The van der Waals surface area contributed by atoms with E-state index in [1.165, 1.54) is 25.3 Å². The van der Waals surface area contributed by atoms with Gasteiger partial charge in [0.25, 0.3) is 5.91 Å². The van der Waals surface area contributed by atoms with Gasteiger partial charge in [-0.25, -0.2) is 14.4 Å². The molecule has 3 N–H and O–H groups in total. The Hall–Kier alpha value is -4.28. The van der Waals surface area contributed by atoms with Gasteiger partial charge in [0.05, 0.1) is 17.6 Å². The van der Waals surface area contributed by atoms with Crippen LogP contribution in [-0.4, -0.2) is 27.9 Å². The quantitative estimate of drug-likeness (QED) is 0.409.